The maximum absolute atomic E-state index is 5.97. The van der Waals surface area contributed by atoms with Crippen LogP contribution in [0.5, 0.6) is 0 Å². The van der Waals surface area contributed by atoms with E-state index in [2.05, 4.69) is 27.5 Å². The van der Waals surface area contributed by atoms with Crippen molar-refractivity contribution in [3.05, 3.63) is 50.4 Å². The Hall–Kier alpha value is -0.860. The number of nitrogens with one attached hydrogen (secondary N) is 2. The van der Waals surface area contributed by atoms with Gasteiger partial charge in [0.05, 0.1) is 12.2 Å². The van der Waals surface area contributed by atoms with Crippen molar-refractivity contribution in [2.75, 3.05) is 7.05 Å². The molecule has 0 bridgehead atoms. The summed E-state index contributed by atoms with van der Waals surface area (Å²) < 4.78 is 0. The first-order chi connectivity index (χ1) is 10.1. The van der Waals surface area contributed by atoms with Crippen LogP contribution in [0, 0.1) is 13.8 Å². The van der Waals surface area contributed by atoms with Crippen molar-refractivity contribution in [2.24, 2.45) is 4.99 Å². The normalized spacial score (nSPS) is 11.0. The Labute approximate surface area is 157 Å². The van der Waals surface area contributed by atoms with E-state index in [-0.39, 0.29) is 24.0 Å². The molecule has 0 atom stereocenters. The van der Waals surface area contributed by atoms with Crippen LogP contribution in [0.1, 0.15) is 21.1 Å². The number of hydrogen-bond donors (Lipinski definition) is 2. The number of aryl methyl sites for hydroxylation is 2. The van der Waals surface area contributed by atoms with E-state index < -0.39 is 0 Å². The summed E-state index contributed by atoms with van der Waals surface area (Å²) in [6, 6.07) is 7.77. The maximum atomic E-state index is 5.97. The van der Waals surface area contributed by atoms with Crippen LogP contribution in [0.4, 0.5) is 0 Å². The predicted octanol–water partition coefficient (Wildman–Crippen LogP) is 3.90. The molecule has 2 aromatic rings. The minimum atomic E-state index is 0. The van der Waals surface area contributed by atoms with Gasteiger partial charge in [-0.2, -0.15) is 0 Å². The zero-order valence-corrected chi connectivity index (χ0v) is 16.7. The zero-order valence-electron chi connectivity index (χ0n) is 12.8. The van der Waals surface area contributed by atoms with Crippen molar-refractivity contribution in [3.8, 4) is 0 Å². The molecule has 0 aliphatic rings. The first kappa shape index (κ1) is 19.2. The third-order valence-electron chi connectivity index (χ3n) is 3.05. The van der Waals surface area contributed by atoms with E-state index in [1.54, 1.807) is 18.4 Å². The predicted molar refractivity (Wildman–Crippen MR) is 105 cm³/mol. The van der Waals surface area contributed by atoms with E-state index in [1.807, 2.05) is 31.2 Å². The lowest BCUT2D eigenvalue weighted by atomic mass is 10.2. The van der Waals surface area contributed by atoms with Crippen molar-refractivity contribution in [1.82, 2.24) is 15.6 Å². The van der Waals surface area contributed by atoms with Gasteiger partial charge in [-0.05, 0) is 31.5 Å². The molecule has 0 amide bonds. The second-order valence-electron chi connectivity index (χ2n) is 4.66. The number of guanidine groups is 1. The average molecular weight is 451 g/mol. The van der Waals surface area contributed by atoms with Gasteiger partial charge < -0.3 is 10.6 Å². The number of aliphatic imine (C=N–C) groups is 1. The summed E-state index contributed by atoms with van der Waals surface area (Å²) in [6.45, 7) is 5.47. The highest BCUT2D eigenvalue weighted by atomic mass is 127. The summed E-state index contributed by atoms with van der Waals surface area (Å²) >= 11 is 7.68. The summed E-state index contributed by atoms with van der Waals surface area (Å²) in [4.78, 5) is 9.97. The Balaban J connectivity index is 0.00000242. The molecule has 0 aliphatic heterocycles. The summed E-state index contributed by atoms with van der Waals surface area (Å²) in [6.07, 6.45) is 0. The van der Waals surface area contributed by atoms with Crippen LogP contribution >= 0.6 is 46.9 Å². The molecule has 4 nitrogen and oxygen atoms in total. The molecule has 0 aliphatic carbocycles. The van der Waals surface area contributed by atoms with E-state index >= 15 is 0 Å². The molecule has 1 aromatic carbocycles. The van der Waals surface area contributed by atoms with Gasteiger partial charge >= 0.3 is 0 Å². The first-order valence-electron chi connectivity index (χ1n) is 6.70. The molecular formula is C15H20ClIN4S. The third-order valence-corrected chi connectivity index (χ3v) is 4.36. The molecule has 0 fully saturated rings. The average Bonchev–Trinajstić information content (AvgIpc) is 2.78. The number of aromatic nitrogens is 1. The highest BCUT2D eigenvalue weighted by Crippen LogP contribution is 2.15. The minimum Gasteiger partial charge on any atom is -0.352 e. The lowest BCUT2D eigenvalue weighted by molar-refractivity contribution is 0.803. The van der Waals surface area contributed by atoms with Gasteiger partial charge in [0, 0.05) is 23.5 Å². The molecule has 0 saturated carbocycles. The Morgan fingerprint density at radius 2 is 2.00 bits per heavy atom. The number of benzene rings is 1. The Morgan fingerprint density at radius 3 is 2.59 bits per heavy atom. The second kappa shape index (κ2) is 9.32. The molecule has 1 aromatic heterocycles. The molecule has 0 unspecified atom stereocenters. The van der Waals surface area contributed by atoms with Crippen LogP contribution in [-0.2, 0) is 13.1 Å². The van der Waals surface area contributed by atoms with Gasteiger partial charge in [-0.3, -0.25) is 4.99 Å². The number of nitrogens with zero attached hydrogens (tertiary/aromatic N) is 2. The zero-order chi connectivity index (χ0) is 15.2. The van der Waals surface area contributed by atoms with Crippen LogP contribution in [0.15, 0.2) is 29.3 Å². The van der Waals surface area contributed by atoms with E-state index in [0.29, 0.717) is 13.1 Å². The third kappa shape index (κ3) is 5.73. The summed E-state index contributed by atoms with van der Waals surface area (Å²) in [7, 11) is 1.76. The van der Waals surface area contributed by atoms with Crippen LogP contribution < -0.4 is 10.6 Å². The Kier molecular flexibility index (Phi) is 8.13. The number of hydrogen-bond acceptors (Lipinski definition) is 3. The Morgan fingerprint density at radius 1 is 1.27 bits per heavy atom. The Bertz CT molecular complexity index is 623. The fraction of sp³-hybridized carbons (Fsp3) is 0.333. The van der Waals surface area contributed by atoms with E-state index in [9.17, 15) is 0 Å². The molecule has 2 rings (SSSR count). The van der Waals surface area contributed by atoms with Crippen molar-refractivity contribution in [3.63, 3.8) is 0 Å². The second-order valence-corrected chi connectivity index (χ2v) is 6.38. The summed E-state index contributed by atoms with van der Waals surface area (Å²) in [5.41, 5.74) is 2.21. The largest absolute Gasteiger partial charge is 0.352 e. The standard InChI is InChI=1S/C15H19ClN4S.HI/c1-10-11(2)21-14(20-10)9-19-15(17-3)18-8-12-5-4-6-13(16)7-12;/h4-7H,8-9H2,1-3H3,(H2,17,18,19);1H. The van der Waals surface area contributed by atoms with Crippen LogP contribution in [0.25, 0.3) is 0 Å². The van der Waals surface area contributed by atoms with Gasteiger partial charge in [-0.15, -0.1) is 35.3 Å². The fourth-order valence-electron chi connectivity index (χ4n) is 1.83. The van der Waals surface area contributed by atoms with Crippen molar-refractivity contribution in [1.29, 1.82) is 0 Å². The maximum Gasteiger partial charge on any atom is 0.191 e. The number of thiazole rings is 1. The van der Waals surface area contributed by atoms with Gasteiger partial charge in [0.2, 0.25) is 0 Å². The quantitative estimate of drug-likeness (QED) is 0.422. The van der Waals surface area contributed by atoms with Gasteiger partial charge in [0.15, 0.2) is 5.96 Å². The molecule has 22 heavy (non-hydrogen) atoms. The molecule has 0 radical (unpaired) electrons. The molecule has 0 spiro atoms. The van der Waals surface area contributed by atoms with Crippen molar-refractivity contribution >= 4 is 52.9 Å². The molecule has 120 valence electrons. The van der Waals surface area contributed by atoms with Gasteiger partial charge in [-0.25, -0.2) is 4.98 Å². The van der Waals surface area contributed by atoms with Gasteiger partial charge in [0.1, 0.15) is 5.01 Å². The van der Waals surface area contributed by atoms with Gasteiger partial charge in [0.25, 0.3) is 0 Å². The van der Waals surface area contributed by atoms with Crippen LogP contribution in [-0.4, -0.2) is 18.0 Å². The summed E-state index contributed by atoms with van der Waals surface area (Å²) in [5.74, 6) is 0.750. The van der Waals surface area contributed by atoms with Gasteiger partial charge in [-0.1, -0.05) is 23.7 Å². The highest BCUT2D eigenvalue weighted by Gasteiger charge is 2.05. The molecule has 7 heteroatoms. The lowest BCUT2D eigenvalue weighted by Gasteiger charge is -2.11. The monoisotopic (exact) mass is 450 g/mol. The van der Waals surface area contributed by atoms with Crippen molar-refractivity contribution < 1.29 is 0 Å². The molecule has 1 heterocycles. The first-order valence-corrected chi connectivity index (χ1v) is 7.90. The van der Waals surface area contributed by atoms with E-state index in [1.165, 1.54) is 4.88 Å². The molecule has 0 saturated heterocycles. The highest BCUT2D eigenvalue weighted by molar-refractivity contribution is 14.0. The lowest BCUT2D eigenvalue weighted by Crippen LogP contribution is -2.36. The van der Waals surface area contributed by atoms with E-state index in [4.69, 9.17) is 11.6 Å². The van der Waals surface area contributed by atoms with Crippen LogP contribution in [0.2, 0.25) is 5.02 Å². The molecular weight excluding hydrogens is 431 g/mol. The SMILES string of the molecule is CN=C(NCc1cccc(Cl)c1)NCc1nc(C)c(C)s1.I. The topological polar surface area (TPSA) is 49.3 Å². The van der Waals surface area contributed by atoms with E-state index in [0.717, 1.165) is 27.2 Å². The smallest absolute Gasteiger partial charge is 0.191 e. The number of halogens is 2. The number of rotatable bonds is 4. The fourth-order valence-corrected chi connectivity index (χ4v) is 2.91. The van der Waals surface area contributed by atoms with Crippen LogP contribution in [0.3, 0.4) is 0 Å². The van der Waals surface area contributed by atoms with Crippen molar-refractivity contribution in [2.45, 2.75) is 26.9 Å². The minimum absolute atomic E-state index is 0. The summed E-state index contributed by atoms with van der Waals surface area (Å²) in [5, 5.41) is 8.33. The molecule has 2 N–H and O–H groups in total.